The summed E-state index contributed by atoms with van der Waals surface area (Å²) in [6.07, 6.45) is -0.0966. The third kappa shape index (κ3) is 11.7. The highest BCUT2D eigenvalue weighted by Crippen LogP contribution is 2.37. The lowest BCUT2D eigenvalue weighted by Gasteiger charge is -2.23. The predicted molar refractivity (Wildman–Crippen MR) is 194 cm³/mol. The second-order valence-electron chi connectivity index (χ2n) is 14.8. The highest BCUT2D eigenvalue weighted by atomic mass is 19.4. The number of nitrogens with two attached hydrogens (primary N) is 3. The quantitative estimate of drug-likeness (QED) is 0.0516. The number of guanidine groups is 1. The SMILES string of the molecule is CC(C)(C)c1cc2cn(-c3ccc(CNCCCN=C(N)N)cc3)c(=O)nc2[nH]1.C[C@H](N)CCCc1cc(C(C)(C)C)c(F)c(C(F)(F)F)c1. The lowest BCUT2D eigenvalue weighted by atomic mass is 9.83. The summed E-state index contributed by atoms with van der Waals surface area (Å²) in [5, 5.41) is 4.27. The Morgan fingerprint density at radius 2 is 1.60 bits per heavy atom. The van der Waals surface area contributed by atoms with Gasteiger partial charge in [0.1, 0.15) is 11.5 Å². The highest BCUT2D eigenvalue weighted by Gasteiger charge is 2.37. The van der Waals surface area contributed by atoms with E-state index in [4.69, 9.17) is 17.2 Å². The monoisotopic (exact) mass is 700 g/mol. The number of aromatic amines is 1. The Morgan fingerprint density at radius 3 is 2.16 bits per heavy atom. The summed E-state index contributed by atoms with van der Waals surface area (Å²) >= 11 is 0. The summed E-state index contributed by atoms with van der Waals surface area (Å²) in [7, 11) is 0. The first-order valence-corrected chi connectivity index (χ1v) is 16.8. The van der Waals surface area contributed by atoms with Gasteiger partial charge < -0.3 is 27.5 Å². The van der Waals surface area contributed by atoms with Gasteiger partial charge in [0.25, 0.3) is 0 Å². The molecule has 0 fully saturated rings. The van der Waals surface area contributed by atoms with Crippen molar-refractivity contribution in [2.45, 2.75) is 104 Å². The number of rotatable bonds is 11. The molecule has 0 aliphatic heterocycles. The third-order valence-electron chi connectivity index (χ3n) is 8.04. The summed E-state index contributed by atoms with van der Waals surface area (Å²) in [5.41, 5.74) is 18.3. The van der Waals surface area contributed by atoms with Gasteiger partial charge >= 0.3 is 11.9 Å². The first kappa shape index (κ1) is 40.2. The Kier molecular flexibility index (Phi) is 13.4. The van der Waals surface area contributed by atoms with Crippen molar-refractivity contribution in [1.82, 2.24) is 19.9 Å². The topological polar surface area (TPSA) is 153 Å². The Morgan fingerprint density at radius 1 is 0.960 bits per heavy atom. The molecule has 0 aliphatic rings. The molecule has 4 rings (SSSR count). The van der Waals surface area contributed by atoms with Crippen LogP contribution in [0.2, 0.25) is 0 Å². The summed E-state index contributed by atoms with van der Waals surface area (Å²) in [4.78, 5) is 23.9. The number of aromatic nitrogens is 3. The van der Waals surface area contributed by atoms with Gasteiger partial charge in [-0.1, -0.05) is 59.7 Å². The molecular weight excluding hydrogens is 648 g/mol. The molecule has 8 N–H and O–H groups in total. The van der Waals surface area contributed by atoms with Crippen LogP contribution in [0.25, 0.3) is 16.7 Å². The van der Waals surface area contributed by atoms with Crippen molar-refractivity contribution >= 4 is 17.0 Å². The van der Waals surface area contributed by atoms with Crippen LogP contribution in [0.4, 0.5) is 17.6 Å². The molecule has 2 heterocycles. The molecule has 0 bridgehead atoms. The molecule has 0 radical (unpaired) electrons. The van der Waals surface area contributed by atoms with E-state index in [0.717, 1.165) is 54.3 Å². The van der Waals surface area contributed by atoms with Gasteiger partial charge in [0.15, 0.2) is 5.96 Å². The van der Waals surface area contributed by atoms with Gasteiger partial charge in [-0.2, -0.15) is 18.2 Å². The largest absolute Gasteiger partial charge is 0.419 e. The number of aryl methyl sites for hydroxylation is 1. The predicted octanol–water partition coefficient (Wildman–Crippen LogP) is 6.58. The van der Waals surface area contributed by atoms with Crippen LogP contribution in [0.15, 0.2) is 58.4 Å². The van der Waals surface area contributed by atoms with Crippen LogP contribution in [0, 0.1) is 5.82 Å². The van der Waals surface area contributed by atoms with E-state index < -0.39 is 23.0 Å². The van der Waals surface area contributed by atoms with Crippen LogP contribution in [-0.4, -0.2) is 39.6 Å². The lowest BCUT2D eigenvalue weighted by Crippen LogP contribution is -2.23. The fourth-order valence-corrected chi connectivity index (χ4v) is 5.21. The number of fused-ring (bicyclic) bond motifs is 1. The number of benzene rings is 2. The van der Waals surface area contributed by atoms with Crippen molar-refractivity contribution < 1.29 is 17.6 Å². The summed E-state index contributed by atoms with van der Waals surface area (Å²) in [6.45, 7) is 15.5. The normalized spacial score (nSPS) is 12.8. The number of alkyl halides is 3. The van der Waals surface area contributed by atoms with E-state index >= 15 is 0 Å². The molecule has 2 aromatic heterocycles. The van der Waals surface area contributed by atoms with Crippen LogP contribution < -0.4 is 28.2 Å². The van der Waals surface area contributed by atoms with Crippen molar-refractivity contribution in [2.75, 3.05) is 13.1 Å². The van der Waals surface area contributed by atoms with Crippen molar-refractivity contribution in [3.63, 3.8) is 0 Å². The Balaban J connectivity index is 0.000000286. The number of halogens is 4. The van der Waals surface area contributed by atoms with E-state index in [1.165, 1.54) is 0 Å². The highest BCUT2D eigenvalue weighted by molar-refractivity contribution is 5.76. The number of nitrogens with zero attached hydrogens (tertiary/aromatic N) is 3. The van der Waals surface area contributed by atoms with Crippen LogP contribution in [0.3, 0.4) is 0 Å². The molecule has 50 heavy (non-hydrogen) atoms. The van der Waals surface area contributed by atoms with E-state index in [2.05, 4.69) is 47.1 Å². The molecule has 0 amide bonds. The second kappa shape index (κ2) is 16.7. The van der Waals surface area contributed by atoms with Gasteiger partial charge in [-0.05, 0) is 85.5 Å². The van der Waals surface area contributed by atoms with Crippen molar-refractivity contribution in [3.8, 4) is 5.69 Å². The molecule has 2 aromatic carbocycles. The molecule has 1 atom stereocenters. The number of nitrogens with one attached hydrogen (secondary N) is 2. The van der Waals surface area contributed by atoms with Crippen LogP contribution in [-0.2, 0) is 30.0 Å². The van der Waals surface area contributed by atoms with Gasteiger partial charge in [-0.15, -0.1) is 0 Å². The number of aliphatic imine (C=N–C) groups is 1. The number of hydrogen-bond acceptors (Lipinski definition) is 5. The smallest absolute Gasteiger partial charge is 0.370 e. The molecule has 13 heteroatoms. The molecule has 9 nitrogen and oxygen atoms in total. The van der Waals surface area contributed by atoms with E-state index in [1.54, 1.807) is 31.4 Å². The molecule has 0 saturated carbocycles. The summed E-state index contributed by atoms with van der Waals surface area (Å²) < 4.78 is 54.7. The van der Waals surface area contributed by atoms with E-state index in [9.17, 15) is 22.4 Å². The first-order chi connectivity index (χ1) is 23.2. The lowest BCUT2D eigenvalue weighted by molar-refractivity contribution is -0.140. The molecular formula is C37H52F4N8O. The van der Waals surface area contributed by atoms with Crippen LogP contribution in [0.5, 0.6) is 0 Å². The zero-order valence-corrected chi connectivity index (χ0v) is 30.1. The maximum absolute atomic E-state index is 14.2. The number of hydrogen-bond donors (Lipinski definition) is 5. The van der Waals surface area contributed by atoms with Crippen molar-refractivity contribution in [1.29, 1.82) is 0 Å². The maximum Gasteiger partial charge on any atom is 0.419 e. The maximum atomic E-state index is 14.2. The minimum Gasteiger partial charge on any atom is -0.370 e. The molecule has 0 aliphatic carbocycles. The van der Waals surface area contributed by atoms with Gasteiger partial charge in [0.05, 0.1) is 11.3 Å². The minimum atomic E-state index is -4.68. The first-order valence-electron chi connectivity index (χ1n) is 16.8. The molecule has 4 aromatic rings. The van der Waals surface area contributed by atoms with E-state index in [1.807, 2.05) is 37.4 Å². The summed E-state index contributed by atoms with van der Waals surface area (Å²) in [5.74, 6) is -1.04. The average Bonchev–Trinajstić information content (AvgIpc) is 3.42. The fourth-order valence-electron chi connectivity index (χ4n) is 5.21. The van der Waals surface area contributed by atoms with E-state index in [-0.39, 0.29) is 28.7 Å². The third-order valence-corrected chi connectivity index (χ3v) is 8.04. The van der Waals surface area contributed by atoms with Gasteiger partial charge in [-0.3, -0.25) is 9.56 Å². The zero-order valence-electron chi connectivity index (χ0n) is 30.1. The molecule has 0 spiro atoms. The van der Waals surface area contributed by atoms with Crippen molar-refractivity contribution in [2.24, 2.45) is 22.2 Å². The summed E-state index contributed by atoms with van der Waals surface area (Å²) in [6, 6.07) is 12.4. The Labute approximate surface area is 291 Å². The molecule has 0 saturated heterocycles. The minimum absolute atomic E-state index is 0.00891. The average molecular weight is 701 g/mol. The molecule has 274 valence electrons. The fraction of sp³-hybridized carbons (Fsp3) is 0.486. The molecule has 0 unspecified atom stereocenters. The Hall–Kier alpha value is -4.23. The zero-order chi connectivity index (χ0) is 37.4. The van der Waals surface area contributed by atoms with Gasteiger partial charge in [0.2, 0.25) is 0 Å². The van der Waals surface area contributed by atoms with Crippen molar-refractivity contribution in [3.05, 3.63) is 92.9 Å². The number of H-pyrrole nitrogens is 1. The van der Waals surface area contributed by atoms with Gasteiger partial charge in [-0.25, -0.2) is 9.18 Å². The van der Waals surface area contributed by atoms with Crippen LogP contribution >= 0.6 is 0 Å². The Bertz CT molecular complexity index is 1750. The van der Waals surface area contributed by atoms with Gasteiger partial charge in [0, 0.05) is 41.8 Å². The second-order valence-corrected chi connectivity index (χ2v) is 14.8. The van der Waals surface area contributed by atoms with E-state index in [0.29, 0.717) is 30.6 Å². The van der Waals surface area contributed by atoms with Crippen LogP contribution in [0.1, 0.15) is 95.7 Å². The standard InChI is InChI=1S/C21H29N7O.C16H23F4N/c1-21(2,3)17-11-15-13-28(20(29)27-18(15)26-17)16-7-5-14(6-8-16)12-24-9-4-10-25-19(22)23;1-10(21)6-5-7-11-8-12(15(2,3)4)14(17)13(9-11)16(18,19)20/h5-8,11,13,24H,4,9-10,12H2,1-3H3,(H4,22,23,25)(H,26,27,29);8-10H,5-7,21H2,1-4H3/t;10-/m.0/s1.